The standard InChI is InChI=1S/C24H32N2O5/c1-15-17-11-21(29-2)22(30-3)13-20(17)31-24(28)18(15)12-23(27)25-14-16-7-6-10-26-9-5-4-8-19(16)26/h11,13,16,19H,4-10,12,14H2,1-3H3,(H,25,27)/t16-,19-/m1/s1. The zero-order valence-corrected chi connectivity index (χ0v) is 18.7. The fourth-order valence-electron chi connectivity index (χ4n) is 5.20. The van der Waals surface area contributed by atoms with Crippen LogP contribution in [0.4, 0.5) is 0 Å². The highest BCUT2D eigenvalue weighted by Gasteiger charge is 2.33. The van der Waals surface area contributed by atoms with E-state index in [0.717, 1.165) is 17.4 Å². The van der Waals surface area contributed by atoms with Crippen molar-refractivity contribution in [2.45, 2.75) is 51.5 Å². The summed E-state index contributed by atoms with van der Waals surface area (Å²) in [5.41, 5.74) is 1.06. The molecule has 31 heavy (non-hydrogen) atoms. The molecule has 1 aromatic heterocycles. The van der Waals surface area contributed by atoms with Gasteiger partial charge in [0.15, 0.2) is 11.5 Å². The van der Waals surface area contributed by atoms with Gasteiger partial charge in [0.25, 0.3) is 0 Å². The molecule has 3 heterocycles. The first-order valence-electron chi connectivity index (χ1n) is 11.2. The Morgan fingerprint density at radius 3 is 2.65 bits per heavy atom. The summed E-state index contributed by atoms with van der Waals surface area (Å²) in [6.07, 6.45) is 6.13. The number of nitrogens with zero attached hydrogens (tertiary/aromatic N) is 1. The molecule has 1 amide bonds. The number of carbonyl (C=O) groups is 1. The van der Waals surface area contributed by atoms with Gasteiger partial charge in [0.1, 0.15) is 5.58 Å². The third-order valence-corrected chi connectivity index (χ3v) is 6.92. The molecule has 2 aromatic rings. The number of aryl methyl sites for hydroxylation is 1. The summed E-state index contributed by atoms with van der Waals surface area (Å²) in [5.74, 6) is 1.40. The smallest absolute Gasteiger partial charge is 0.340 e. The Hall–Kier alpha value is -2.54. The number of hydrogen-bond donors (Lipinski definition) is 1. The summed E-state index contributed by atoms with van der Waals surface area (Å²) in [6.45, 7) is 4.87. The zero-order valence-electron chi connectivity index (χ0n) is 18.7. The maximum absolute atomic E-state index is 12.7. The first-order valence-corrected chi connectivity index (χ1v) is 11.2. The molecule has 7 heteroatoms. The van der Waals surface area contributed by atoms with Crippen LogP contribution in [0.15, 0.2) is 21.3 Å². The molecule has 1 N–H and O–H groups in total. The molecule has 1 aromatic carbocycles. The topological polar surface area (TPSA) is 81.0 Å². The van der Waals surface area contributed by atoms with E-state index in [4.69, 9.17) is 13.9 Å². The van der Waals surface area contributed by atoms with Crippen molar-refractivity contribution in [3.8, 4) is 11.5 Å². The first kappa shape index (κ1) is 21.7. The molecular weight excluding hydrogens is 396 g/mol. The molecule has 2 saturated heterocycles. The van der Waals surface area contributed by atoms with Crippen LogP contribution >= 0.6 is 0 Å². The van der Waals surface area contributed by atoms with Gasteiger partial charge in [0.2, 0.25) is 5.91 Å². The van der Waals surface area contributed by atoms with Gasteiger partial charge < -0.3 is 24.1 Å². The molecule has 2 aliphatic heterocycles. The molecule has 2 aliphatic rings. The SMILES string of the molecule is COc1cc2oc(=O)c(CC(=O)NC[C@H]3CCCN4CCCC[C@H]34)c(C)c2cc1OC. The monoisotopic (exact) mass is 428 g/mol. The normalized spacial score (nSPS) is 21.5. The number of hydrogen-bond acceptors (Lipinski definition) is 6. The van der Waals surface area contributed by atoms with Gasteiger partial charge in [-0.15, -0.1) is 0 Å². The molecule has 2 atom stereocenters. The van der Waals surface area contributed by atoms with E-state index in [-0.39, 0.29) is 12.3 Å². The van der Waals surface area contributed by atoms with Crippen LogP contribution in [0.25, 0.3) is 11.0 Å². The molecule has 0 aliphatic carbocycles. The number of benzene rings is 1. The van der Waals surface area contributed by atoms with Crippen molar-refractivity contribution in [3.63, 3.8) is 0 Å². The predicted molar refractivity (Wildman–Crippen MR) is 119 cm³/mol. The Kier molecular flexibility index (Phi) is 6.51. The van der Waals surface area contributed by atoms with Crippen LogP contribution in [0, 0.1) is 12.8 Å². The molecular formula is C24H32N2O5. The summed E-state index contributed by atoms with van der Waals surface area (Å²) in [4.78, 5) is 27.9. The number of piperidine rings is 2. The van der Waals surface area contributed by atoms with E-state index in [0.29, 0.717) is 41.1 Å². The fourth-order valence-corrected chi connectivity index (χ4v) is 5.20. The van der Waals surface area contributed by atoms with Crippen molar-refractivity contribution in [1.82, 2.24) is 10.2 Å². The molecule has 0 radical (unpaired) electrons. The number of fused-ring (bicyclic) bond motifs is 2. The molecule has 0 bridgehead atoms. The number of carbonyl (C=O) groups excluding carboxylic acids is 1. The number of amides is 1. The van der Waals surface area contributed by atoms with E-state index >= 15 is 0 Å². The minimum Gasteiger partial charge on any atom is -0.493 e. The Morgan fingerprint density at radius 2 is 1.87 bits per heavy atom. The van der Waals surface area contributed by atoms with Gasteiger partial charge >= 0.3 is 5.63 Å². The van der Waals surface area contributed by atoms with Gasteiger partial charge in [0.05, 0.1) is 26.2 Å². The lowest BCUT2D eigenvalue weighted by Crippen LogP contribution is -2.51. The van der Waals surface area contributed by atoms with Crippen LogP contribution in [0.5, 0.6) is 11.5 Å². The van der Waals surface area contributed by atoms with Gasteiger partial charge in [-0.1, -0.05) is 6.42 Å². The molecule has 0 saturated carbocycles. The van der Waals surface area contributed by atoms with Gasteiger partial charge in [-0.25, -0.2) is 4.79 Å². The van der Waals surface area contributed by atoms with E-state index in [2.05, 4.69) is 10.2 Å². The van der Waals surface area contributed by atoms with Crippen LogP contribution in [-0.4, -0.2) is 50.7 Å². The summed E-state index contributed by atoms with van der Waals surface area (Å²) in [7, 11) is 3.09. The van der Waals surface area contributed by atoms with Crippen molar-refractivity contribution in [2.75, 3.05) is 33.9 Å². The lowest BCUT2D eigenvalue weighted by Gasteiger charge is -2.44. The Bertz CT molecular complexity index is 1010. The van der Waals surface area contributed by atoms with Crippen molar-refractivity contribution >= 4 is 16.9 Å². The van der Waals surface area contributed by atoms with Crippen LogP contribution in [0.3, 0.4) is 0 Å². The highest BCUT2D eigenvalue weighted by molar-refractivity contribution is 5.86. The minimum absolute atomic E-state index is 0.0134. The van der Waals surface area contributed by atoms with E-state index in [1.165, 1.54) is 45.9 Å². The lowest BCUT2D eigenvalue weighted by atomic mass is 9.83. The van der Waals surface area contributed by atoms with Gasteiger partial charge in [-0.05, 0) is 63.2 Å². The molecule has 0 unspecified atom stereocenters. The summed E-state index contributed by atoms with van der Waals surface area (Å²) in [6, 6.07) is 4.01. The van der Waals surface area contributed by atoms with Gasteiger partial charge in [-0.2, -0.15) is 0 Å². The molecule has 4 rings (SSSR count). The Balaban J connectivity index is 1.48. The first-order chi connectivity index (χ1) is 15.0. The van der Waals surface area contributed by atoms with Crippen LogP contribution in [-0.2, 0) is 11.2 Å². The van der Waals surface area contributed by atoms with Crippen molar-refractivity contribution in [3.05, 3.63) is 33.7 Å². The summed E-state index contributed by atoms with van der Waals surface area (Å²) in [5, 5.41) is 3.83. The van der Waals surface area contributed by atoms with Crippen LogP contribution in [0.2, 0.25) is 0 Å². The van der Waals surface area contributed by atoms with Crippen molar-refractivity contribution in [1.29, 1.82) is 0 Å². The Labute approximate surface area is 182 Å². The second kappa shape index (κ2) is 9.30. The van der Waals surface area contributed by atoms with Crippen molar-refractivity contribution < 1.29 is 18.7 Å². The van der Waals surface area contributed by atoms with Gasteiger partial charge in [-0.3, -0.25) is 4.79 Å². The second-order valence-corrected chi connectivity index (χ2v) is 8.68. The van der Waals surface area contributed by atoms with Crippen LogP contribution in [0.1, 0.15) is 43.2 Å². The average molecular weight is 429 g/mol. The van der Waals surface area contributed by atoms with Crippen molar-refractivity contribution in [2.24, 2.45) is 5.92 Å². The van der Waals surface area contributed by atoms with E-state index in [1.807, 2.05) is 6.92 Å². The van der Waals surface area contributed by atoms with E-state index in [1.54, 1.807) is 19.2 Å². The summed E-state index contributed by atoms with van der Waals surface area (Å²) < 4.78 is 16.2. The Morgan fingerprint density at radius 1 is 1.13 bits per heavy atom. The van der Waals surface area contributed by atoms with Gasteiger partial charge in [0, 0.05) is 24.0 Å². The second-order valence-electron chi connectivity index (χ2n) is 8.68. The largest absolute Gasteiger partial charge is 0.493 e. The maximum atomic E-state index is 12.7. The number of rotatable bonds is 6. The number of nitrogens with one attached hydrogen (secondary N) is 1. The number of ether oxygens (including phenoxy) is 2. The maximum Gasteiger partial charge on any atom is 0.340 e. The molecule has 168 valence electrons. The summed E-state index contributed by atoms with van der Waals surface area (Å²) >= 11 is 0. The minimum atomic E-state index is -0.483. The zero-order chi connectivity index (χ0) is 22.0. The average Bonchev–Trinajstić information content (AvgIpc) is 2.79. The van der Waals surface area contributed by atoms with E-state index in [9.17, 15) is 9.59 Å². The quantitative estimate of drug-likeness (QED) is 0.713. The molecule has 0 spiro atoms. The third kappa shape index (κ3) is 4.42. The number of methoxy groups -OCH3 is 2. The van der Waals surface area contributed by atoms with E-state index < -0.39 is 5.63 Å². The molecule has 7 nitrogen and oxygen atoms in total. The predicted octanol–water partition coefficient (Wildman–Crippen LogP) is 3.04. The fraction of sp³-hybridized carbons (Fsp3) is 0.583. The lowest BCUT2D eigenvalue weighted by molar-refractivity contribution is -0.120. The third-order valence-electron chi connectivity index (χ3n) is 6.92. The van der Waals surface area contributed by atoms with Crippen LogP contribution < -0.4 is 20.4 Å². The highest BCUT2D eigenvalue weighted by Crippen LogP contribution is 2.34. The highest BCUT2D eigenvalue weighted by atomic mass is 16.5. The molecule has 2 fully saturated rings.